The number of H-pyrrole nitrogens is 2. The van der Waals surface area contributed by atoms with Gasteiger partial charge in [-0.3, -0.25) is 14.6 Å². The number of rotatable bonds is 5. The third kappa shape index (κ3) is 4.48. The van der Waals surface area contributed by atoms with E-state index in [1.165, 1.54) is 0 Å². The van der Waals surface area contributed by atoms with Crippen LogP contribution >= 0.6 is 0 Å². The number of hydrogen-bond acceptors (Lipinski definition) is 5. The van der Waals surface area contributed by atoms with Crippen molar-refractivity contribution < 1.29 is 4.79 Å². The Balaban J connectivity index is 1.99. The van der Waals surface area contributed by atoms with Crippen molar-refractivity contribution in [2.24, 2.45) is 10.8 Å². The normalized spacial score (nSPS) is 12.3. The summed E-state index contributed by atoms with van der Waals surface area (Å²) in [6.45, 7) is 1.56. The Morgan fingerprint density at radius 3 is 2.65 bits per heavy atom. The molecule has 1 amide bonds. The average Bonchev–Trinajstić information content (AvgIpc) is 2.50. The molecule has 1 heterocycles. The molecule has 120 valence electrons. The largest absolute Gasteiger partial charge is 0.325 e. The van der Waals surface area contributed by atoms with E-state index in [-0.39, 0.29) is 5.56 Å². The van der Waals surface area contributed by atoms with E-state index in [1.807, 2.05) is 30.3 Å². The molecule has 0 saturated carbocycles. The molecule has 1 unspecified atom stereocenters. The molecule has 0 aliphatic carbocycles. The highest BCUT2D eigenvalue weighted by Gasteiger charge is 2.13. The third-order valence-electron chi connectivity index (χ3n) is 3.18. The van der Waals surface area contributed by atoms with Crippen molar-refractivity contribution >= 4 is 12.1 Å². The van der Waals surface area contributed by atoms with Crippen molar-refractivity contribution in [3.8, 4) is 0 Å². The predicted molar refractivity (Wildman–Crippen MR) is 86.3 cm³/mol. The first-order valence-corrected chi connectivity index (χ1v) is 6.93. The quantitative estimate of drug-likeness (QED) is 0.432. The predicted octanol–water partition coefficient (Wildman–Crippen LogP) is -0.608. The maximum Gasteiger partial charge on any atom is 0.325 e. The van der Waals surface area contributed by atoms with E-state index in [0.717, 1.165) is 11.8 Å². The minimum atomic E-state index is -0.760. The van der Waals surface area contributed by atoms with E-state index in [0.29, 0.717) is 12.1 Å². The molecule has 0 aliphatic heterocycles. The number of amides is 1. The smallest absolute Gasteiger partial charge is 0.320 e. The molecule has 0 saturated heterocycles. The molecule has 1 aromatic heterocycles. The number of aromatic nitrogens is 2. The molecule has 0 radical (unpaired) electrons. The average molecular weight is 315 g/mol. The molecule has 8 nitrogen and oxygen atoms in total. The van der Waals surface area contributed by atoms with Crippen molar-refractivity contribution in [2.45, 2.75) is 19.4 Å². The minimum absolute atomic E-state index is 0.154. The third-order valence-corrected chi connectivity index (χ3v) is 3.18. The Morgan fingerprint density at radius 2 is 2.00 bits per heavy atom. The lowest BCUT2D eigenvalue weighted by Crippen LogP contribution is -2.40. The minimum Gasteiger partial charge on any atom is -0.320 e. The van der Waals surface area contributed by atoms with Gasteiger partial charge in [-0.25, -0.2) is 10.2 Å². The van der Waals surface area contributed by atoms with Crippen LogP contribution in [0.15, 0.2) is 45.0 Å². The Hall–Kier alpha value is -3.00. The number of aryl methyl sites for hydroxylation is 1. The zero-order valence-electron chi connectivity index (χ0n) is 12.5. The van der Waals surface area contributed by atoms with Crippen LogP contribution in [0.1, 0.15) is 16.8 Å². The van der Waals surface area contributed by atoms with E-state index in [4.69, 9.17) is 5.73 Å². The zero-order valence-corrected chi connectivity index (χ0v) is 12.5. The van der Waals surface area contributed by atoms with Gasteiger partial charge in [-0.2, -0.15) is 5.10 Å². The van der Waals surface area contributed by atoms with Crippen molar-refractivity contribution in [1.29, 1.82) is 0 Å². The van der Waals surface area contributed by atoms with E-state index in [2.05, 4.69) is 20.5 Å². The summed E-state index contributed by atoms with van der Waals surface area (Å²) in [6.07, 6.45) is 1.54. The fraction of sp³-hybridized carbons (Fsp3) is 0.200. The molecule has 1 atom stereocenters. The summed E-state index contributed by atoms with van der Waals surface area (Å²) in [4.78, 5) is 39.1. The maximum absolute atomic E-state index is 11.9. The Morgan fingerprint density at radius 1 is 1.30 bits per heavy atom. The molecular formula is C15H17N5O3. The summed E-state index contributed by atoms with van der Waals surface area (Å²) in [5.74, 6) is -0.469. The summed E-state index contributed by atoms with van der Waals surface area (Å²) in [7, 11) is 0. The summed E-state index contributed by atoms with van der Waals surface area (Å²) in [6, 6.07) is 8.60. The van der Waals surface area contributed by atoms with Crippen molar-refractivity contribution in [1.82, 2.24) is 15.4 Å². The van der Waals surface area contributed by atoms with E-state index in [9.17, 15) is 14.4 Å². The molecule has 0 fully saturated rings. The Labute approximate surface area is 131 Å². The summed E-state index contributed by atoms with van der Waals surface area (Å²) in [5.41, 5.74) is 8.35. The SMILES string of the molecule is Cc1[nH]c(=O)[nH]c(=O)c1/C=N/NC(=O)C(N)Cc1ccccc1. The molecule has 0 aliphatic rings. The fourth-order valence-electron chi connectivity index (χ4n) is 1.97. The number of aromatic amines is 2. The van der Waals surface area contributed by atoms with Gasteiger partial charge < -0.3 is 10.7 Å². The zero-order chi connectivity index (χ0) is 16.8. The van der Waals surface area contributed by atoms with Gasteiger partial charge in [0.25, 0.3) is 11.5 Å². The molecule has 8 heteroatoms. The van der Waals surface area contributed by atoms with Gasteiger partial charge in [-0.1, -0.05) is 30.3 Å². The highest BCUT2D eigenvalue weighted by molar-refractivity contribution is 5.85. The maximum atomic E-state index is 11.9. The molecule has 2 aromatic rings. The first-order chi connectivity index (χ1) is 11.0. The number of carbonyl (C=O) groups excluding carboxylic acids is 1. The van der Waals surface area contributed by atoms with E-state index >= 15 is 0 Å². The number of carbonyl (C=O) groups is 1. The molecular weight excluding hydrogens is 298 g/mol. The number of nitrogens with one attached hydrogen (secondary N) is 3. The Bertz CT molecular complexity index is 823. The lowest BCUT2D eigenvalue weighted by Gasteiger charge is -2.09. The van der Waals surface area contributed by atoms with Gasteiger partial charge in [0.2, 0.25) is 0 Å². The van der Waals surface area contributed by atoms with Gasteiger partial charge in [-0.15, -0.1) is 0 Å². The first kappa shape index (κ1) is 16.4. The Kier molecular flexibility index (Phi) is 5.21. The number of hydrazone groups is 1. The van der Waals surface area contributed by atoms with Crippen molar-refractivity contribution in [3.63, 3.8) is 0 Å². The van der Waals surface area contributed by atoms with Gasteiger partial charge in [0.1, 0.15) is 0 Å². The lowest BCUT2D eigenvalue weighted by atomic mass is 10.1. The number of benzene rings is 1. The molecule has 5 N–H and O–H groups in total. The van der Waals surface area contributed by atoms with Crippen molar-refractivity contribution in [2.75, 3.05) is 0 Å². The van der Waals surface area contributed by atoms with Gasteiger partial charge >= 0.3 is 5.69 Å². The summed E-state index contributed by atoms with van der Waals surface area (Å²) >= 11 is 0. The first-order valence-electron chi connectivity index (χ1n) is 6.93. The van der Waals surface area contributed by atoms with E-state index in [1.54, 1.807) is 6.92 Å². The van der Waals surface area contributed by atoms with Crippen LogP contribution in [0.2, 0.25) is 0 Å². The monoisotopic (exact) mass is 315 g/mol. The molecule has 2 rings (SSSR count). The van der Waals surface area contributed by atoms with Crippen LogP contribution in [0.3, 0.4) is 0 Å². The topological polar surface area (TPSA) is 133 Å². The van der Waals surface area contributed by atoms with Crippen molar-refractivity contribution in [3.05, 3.63) is 68.0 Å². The number of nitrogens with two attached hydrogens (primary N) is 1. The second kappa shape index (κ2) is 7.32. The van der Waals surface area contributed by atoms with Crippen LogP contribution in [-0.4, -0.2) is 28.1 Å². The van der Waals surface area contributed by atoms with Gasteiger partial charge in [0.15, 0.2) is 0 Å². The fourth-order valence-corrected chi connectivity index (χ4v) is 1.97. The van der Waals surface area contributed by atoms with Crippen LogP contribution in [0.5, 0.6) is 0 Å². The highest BCUT2D eigenvalue weighted by atomic mass is 16.2. The lowest BCUT2D eigenvalue weighted by molar-refractivity contribution is -0.122. The van der Waals surface area contributed by atoms with Crippen LogP contribution in [0.4, 0.5) is 0 Å². The van der Waals surface area contributed by atoms with Crippen LogP contribution in [0, 0.1) is 6.92 Å². The molecule has 1 aromatic carbocycles. The van der Waals surface area contributed by atoms with Gasteiger partial charge in [0, 0.05) is 5.69 Å². The molecule has 0 bridgehead atoms. The van der Waals surface area contributed by atoms with Gasteiger partial charge in [0.05, 0.1) is 17.8 Å². The number of nitrogens with zero attached hydrogens (tertiary/aromatic N) is 1. The van der Waals surface area contributed by atoms with Gasteiger partial charge in [-0.05, 0) is 18.9 Å². The second-order valence-electron chi connectivity index (χ2n) is 4.98. The highest BCUT2D eigenvalue weighted by Crippen LogP contribution is 2.01. The van der Waals surface area contributed by atoms with Crippen LogP contribution < -0.4 is 22.4 Å². The number of hydrogen-bond donors (Lipinski definition) is 4. The second-order valence-corrected chi connectivity index (χ2v) is 4.98. The van der Waals surface area contributed by atoms with Crippen LogP contribution in [0.25, 0.3) is 0 Å². The molecule has 23 heavy (non-hydrogen) atoms. The van der Waals surface area contributed by atoms with E-state index < -0.39 is 23.2 Å². The molecule has 0 spiro atoms. The van der Waals surface area contributed by atoms with Crippen LogP contribution in [-0.2, 0) is 11.2 Å². The standard InChI is InChI=1S/C15H17N5O3/c1-9-11(13(21)19-15(23)18-9)8-17-20-14(22)12(16)7-10-5-3-2-4-6-10/h2-6,8,12H,7,16H2,1H3,(H,20,22)(H2,18,19,21,23)/b17-8+. The summed E-state index contributed by atoms with van der Waals surface area (Å²) < 4.78 is 0. The summed E-state index contributed by atoms with van der Waals surface area (Å²) in [5, 5.41) is 3.71.